The molecule has 2 unspecified atom stereocenters. The Morgan fingerprint density at radius 2 is 2.36 bits per heavy atom. The Bertz CT molecular complexity index is 150. The summed E-state index contributed by atoms with van der Waals surface area (Å²) in [4.78, 5) is 3.36. The predicted molar refractivity (Wildman–Crippen MR) is 44.2 cm³/mol. The highest BCUT2D eigenvalue weighted by atomic mass is 16.5. The maximum atomic E-state index is 6.66. The van der Waals surface area contributed by atoms with E-state index in [1.165, 1.54) is 19.3 Å². The Morgan fingerprint density at radius 3 is 2.91 bits per heavy atom. The minimum absolute atomic E-state index is 0.478. The molecular weight excluding hydrogens is 138 g/mol. The third-order valence-corrected chi connectivity index (χ3v) is 2.48. The molecule has 0 aromatic heterocycles. The van der Waals surface area contributed by atoms with Crippen LogP contribution in [0.2, 0.25) is 0 Å². The lowest BCUT2D eigenvalue weighted by Gasteiger charge is -2.06. The van der Waals surface area contributed by atoms with E-state index in [4.69, 9.17) is 11.3 Å². The summed E-state index contributed by atoms with van der Waals surface area (Å²) < 4.78 is 5.24. The standard InChI is InChI=1S/C9H15NO/c1-10-6-5-8-3-4-9(7-8)11-2/h8-9H,3-7H2,2H3. The zero-order valence-electron chi connectivity index (χ0n) is 7.05. The van der Waals surface area contributed by atoms with Crippen LogP contribution in [0.4, 0.5) is 0 Å². The highest BCUT2D eigenvalue weighted by Gasteiger charge is 2.24. The average molecular weight is 153 g/mol. The van der Waals surface area contributed by atoms with Crippen LogP contribution in [0.3, 0.4) is 0 Å². The topological polar surface area (TPSA) is 13.6 Å². The maximum absolute atomic E-state index is 6.66. The molecule has 0 saturated heterocycles. The van der Waals surface area contributed by atoms with Gasteiger partial charge in [0.2, 0.25) is 6.54 Å². The third-order valence-electron chi connectivity index (χ3n) is 2.48. The first-order valence-corrected chi connectivity index (χ1v) is 4.23. The first-order chi connectivity index (χ1) is 5.36. The molecule has 0 spiro atoms. The molecule has 1 fully saturated rings. The Hall–Kier alpha value is -0.550. The molecule has 62 valence electrons. The Kier molecular flexibility index (Phi) is 3.38. The van der Waals surface area contributed by atoms with Crippen LogP contribution in [0.1, 0.15) is 25.7 Å². The summed E-state index contributed by atoms with van der Waals surface area (Å²) in [6.07, 6.45) is 5.17. The lowest BCUT2D eigenvalue weighted by molar-refractivity contribution is 0.105. The molecule has 1 rings (SSSR count). The van der Waals surface area contributed by atoms with Gasteiger partial charge in [-0.15, -0.1) is 0 Å². The van der Waals surface area contributed by atoms with Crippen LogP contribution in [0, 0.1) is 12.5 Å². The molecule has 1 aliphatic rings. The van der Waals surface area contributed by atoms with Gasteiger partial charge in [-0.1, -0.05) is 0 Å². The summed E-state index contributed by atoms with van der Waals surface area (Å²) >= 11 is 0. The average Bonchev–Trinajstić information content (AvgIpc) is 2.48. The van der Waals surface area contributed by atoms with Crippen molar-refractivity contribution in [1.82, 2.24) is 0 Å². The second kappa shape index (κ2) is 4.35. The first-order valence-electron chi connectivity index (χ1n) is 4.23. The van der Waals surface area contributed by atoms with Gasteiger partial charge in [-0.05, 0) is 25.2 Å². The van der Waals surface area contributed by atoms with E-state index in [0.717, 1.165) is 12.3 Å². The number of ether oxygens (including phenoxy) is 1. The number of nitrogens with zero attached hydrogens (tertiary/aromatic N) is 1. The summed E-state index contributed by atoms with van der Waals surface area (Å²) in [6, 6.07) is 0. The predicted octanol–water partition coefficient (Wildman–Crippen LogP) is 2.11. The van der Waals surface area contributed by atoms with E-state index in [0.29, 0.717) is 12.6 Å². The molecule has 2 heteroatoms. The number of methoxy groups -OCH3 is 1. The van der Waals surface area contributed by atoms with Gasteiger partial charge in [-0.3, -0.25) is 0 Å². The van der Waals surface area contributed by atoms with E-state index < -0.39 is 0 Å². The Balaban J connectivity index is 2.15. The second-order valence-electron chi connectivity index (χ2n) is 3.21. The van der Waals surface area contributed by atoms with Gasteiger partial charge in [0.1, 0.15) is 0 Å². The zero-order valence-corrected chi connectivity index (χ0v) is 7.05. The molecular formula is C9H15NO. The Morgan fingerprint density at radius 1 is 1.55 bits per heavy atom. The van der Waals surface area contributed by atoms with Crippen molar-refractivity contribution in [1.29, 1.82) is 0 Å². The lowest BCUT2D eigenvalue weighted by atomic mass is 10.0. The van der Waals surface area contributed by atoms with Gasteiger partial charge in [0.05, 0.1) is 6.10 Å². The second-order valence-corrected chi connectivity index (χ2v) is 3.21. The Labute approximate surface area is 68.4 Å². The molecule has 1 aliphatic carbocycles. The van der Waals surface area contributed by atoms with Gasteiger partial charge in [0, 0.05) is 13.5 Å². The number of hydrogen-bond acceptors (Lipinski definition) is 1. The fraction of sp³-hybridized carbons (Fsp3) is 0.889. The highest BCUT2D eigenvalue weighted by molar-refractivity contribution is 4.77. The molecule has 0 aliphatic heterocycles. The van der Waals surface area contributed by atoms with Crippen molar-refractivity contribution in [2.45, 2.75) is 31.8 Å². The fourth-order valence-electron chi connectivity index (χ4n) is 1.75. The highest BCUT2D eigenvalue weighted by Crippen LogP contribution is 2.29. The monoisotopic (exact) mass is 153 g/mol. The van der Waals surface area contributed by atoms with Gasteiger partial charge in [-0.25, -0.2) is 6.57 Å². The van der Waals surface area contributed by atoms with Gasteiger partial charge >= 0.3 is 0 Å². The van der Waals surface area contributed by atoms with Gasteiger partial charge in [0.25, 0.3) is 0 Å². The SMILES string of the molecule is [C-]#[N+]CCC1CCC(OC)C1. The van der Waals surface area contributed by atoms with Gasteiger partial charge < -0.3 is 9.58 Å². The van der Waals surface area contributed by atoms with E-state index in [1.807, 2.05) is 0 Å². The molecule has 0 amide bonds. The van der Waals surface area contributed by atoms with Crippen molar-refractivity contribution in [3.05, 3.63) is 11.4 Å². The smallest absolute Gasteiger partial charge is 0.214 e. The molecule has 0 aromatic carbocycles. The minimum atomic E-state index is 0.478. The summed E-state index contributed by atoms with van der Waals surface area (Å²) in [5, 5.41) is 0. The van der Waals surface area contributed by atoms with E-state index in [2.05, 4.69) is 4.85 Å². The van der Waals surface area contributed by atoms with Gasteiger partial charge in [0.15, 0.2) is 0 Å². The van der Waals surface area contributed by atoms with Gasteiger partial charge in [-0.2, -0.15) is 0 Å². The molecule has 0 radical (unpaired) electrons. The van der Waals surface area contributed by atoms with E-state index in [1.54, 1.807) is 7.11 Å². The van der Waals surface area contributed by atoms with Crippen LogP contribution in [-0.4, -0.2) is 19.8 Å². The van der Waals surface area contributed by atoms with Crippen molar-refractivity contribution in [3.8, 4) is 0 Å². The first kappa shape index (κ1) is 8.55. The van der Waals surface area contributed by atoms with E-state index in [9.17, 15) is 0 Å². The number of rotatable bonds is 3. The normalized spacial score (nSPS) is 30.2. The van der Waals surface area contributed by atoms with Crippen molar-refractivity contribution in [3.63, 3.8) is 0 Å². The summed E-state index contributed by atoms with van der Waals surface area (Å²) in [6.45, 7) is 7.35. The van der Waals surface area contributed by atoms with Crippen LogP contribution in [0.5, 0.6) is 0 Å². The molecule has 1 saturated carbocycles. The van der Waals surface area contributed by atoms with Crippen LogP contribution < -0.4 is 0 Å². The lowest BCUT2D eigenvalue weighted by Crippen LogP contribution is -2.05. The minimum Gasteiger partial charge on any atom is -0.381 e. The molecule has 0 N–H and O–H groups in total. The van der Waals surface area contributed by atoms with Crippen LogP contribution in [0.25, 0.3) is 4.85 Å². The van der Waals surface area contributed by atoms with E-state index in [-0.39, 0.29) is 0 Å². The summed E-state index contributed by atoms with van der Waals surface area (Å²) in [7, 11) is 1.78. The van der Waals surface area contributed by atoms with E-state index >= 15 is 0 Å². The molecule has 0 heterocycles. The molecule has 11 heavy (non-hydrogen) atoms. The summed E-state index contributed by atoms with van der Waals surface area (Å²) in [5.74, 6) is 0.758. The van der Waals surface area contributed by atoms with Crippen molar-refractivity contribution >= 4 is 0 Å². The van der Waals surface area contributed by atoms with Crippen LogP contribution in [0.15, 0.2) is 0 Å². The van der Waals surface area contributed by atoms with Crippen molar-refractivity contribution < 1.29 is 4.74 Å². The summed E-state index contributed by atoms with van der Waals surface area (Å²) in [5.41, 5.74) is 0. The third kappa shape index (κ3) is 2.51. The van der Waals surface area contributed by atoms with Crippen molar-refractivity contribution in [2.75, 3.05) is 13.7 Å². The molecule has 0 aromatic rings. The van der Waals surface area contributed by atoms with Crippen molar-refractivity contribution in [2.24, 2.45) is 5.92 Å². The zero-order chi connectivity index (χ0) is 8.10. The van der Waals surface area contributed by atoms with Crippen LogP contribution in [-0.2, 0) is 4.74 Å². The van der Waals surface area contributed by atoms with Crippen LogP contribution >= 0.6 is 0 Å². The molecule has 2 nitrogen and oxygen atoms in total. The molecule has 0 bridgehead atoms. The number of hydrogen-bond donors (Lipinski definition) is 0. The molecule has 2 atom stereocenters. The largest absolute Gasteiger partial charge is 0.381 e. The maximum Gasteiger partial charge on any atom is 0.214 e. The fourth-order valence-corrected chi connectivity index (χ4v) is 1.75. The quantitative estimate of drug-likeness (QED) is 0.566.